The van der Waals surface area contributed by atoms with Crippen molar-refractivity contribution >= 4 is 64.2 Å². The SMILES string of the molecule is CC(=O)Oc1ccc2occ(C(=O)NC(C(=O)N[C@@H]3C(=O)N4C(C(=O)O)=C(CSc5nnnn5C)CS[C@@H]34)c3ccc(O)cc3)c(=O)c2c1. The molecule has 0 bridgehead atoms. The molecular formula is C30H25N7O10S2. The lowest BCUT2D eigenvalue weighted by Gasteiger charge is -2.49. The Balaban J connectivity index is 1.23. The highest BCUT2D eigenvalue weighted by atomic mass is 32.2. The number of aromatic nitrogens is 4. The molecule has 0 aliphatic carbocycles. The number of carbonyl (C=O) groups is 5. The summed E-state index contributed by atoms with van der Waals surface area (Å²) in [6.07, 6.45) is 0.930. The molecule has 1 saturated heterocycles. The van der Waals surface area contributed by atoms with Crippen LogP contribution in [0.3, 0.4) is 0 Å². The van der Waals surface area contributed by atoms with E-state index in [0.717, 1.165) is 11.2 Å². The van der Waals surface area contributed by atoms with Crippen molar-refractivity contribution in [3.05, 3.63) is 81.3 Å². The number of phenolic OH excluding ortho intramolecular Hbond substituents is 1. The fourth-order valence-corrected chi connectivity index (χ4v) is 7.53. The summed E-state index contributed by atoms with van der Waals surface area (Å²) < 4.78 is 11.9. The second-order valence-electron chi connectivity index (χ2n) is 10.8. The molecule has 2 aliphatic heterocycles. The van der Waals surface area contributed by atoms with Gasteiger partial charge in [0.15, 0.2) is 0 Å². The summed E-state index contributed by atoms with van der Waals surface area (Å²) in [6.45, 7) is 1.19. The van der Waals surface area contributed by atoms with Crippen LogP contribution in [0, 0.1) is 0 Å². The lowest BCUT2D eigenvalue weighted by atomic mass is 10.0. The number of aromatic hydroxyl groups is 1. The number of nitrogens with zero attached hydrogens (tertiary/aromatic N) is 5. The van der Waals surface area contributed by atoms with Crippen molar-refractivity contribution in [1.82, 2.24) is 35.7 Å². The number of carboxylic acid groups (broad SMARTS) is 1. The number of hydrogen-bond acceptors (Lipinski definition) is 14. The first-order valence-corrected chi connectivity index (χ1v) is 16.4. The number of aliphatic carboxylic acids is 1. The minimum atomic E-state index is -1.47. The number of nitrogens with one attached hydrogen (secondary N) is 2. The van der Waals surface area contributed by atoms with Gasteiger partial charge in [0.2, 0.25) is 16.5 Å². The Kier molecular flexibility index (Phi) is 9.11. The Morgan fingerprint density at radius 1 is 1.16 bits per heavy atom. The molecule has 3 atom stereocenters. The van der Waals surface area contributed by atoms with Gasteiger partial charge in [0.1, 0.15) is 52.1 Å². The Labute approximate surface area is 283 Å². The van der Waals surface area contributed by atoms with E-state index in [2.05, 4.69) is 26.2 Å². The summed E-state index contributed by atoms with van der Waals surface area (Å²) in [5, 5.41) is 35.8. The third kappa shape index (κ3) is 6.57. The van der Waals surface area contributed by atoms with Crippen LogP contribution in [0.4, 0.5) is 0 Å². The van der Waals surface area contributed by atoms with Gasteiger partial charge in [0.25, 0.3) is 11.8 Å². The molecular weight excluding hydrogens is 683 g/mol. The highest BCUT2D eigenvalue weighted by Crippen LogP contribution is 2.41. The quantitative estimate of drug-likeness (QED) is 0.0777. The Bertz CT molecular complexity index is 2110. The van der Waals surface area contributed by atoms with Gasteiger partial charge in [-0.15, -0.1) is 16.9 Å². The topological polar surface area (TPSA) is 236 Å². The van der Waals surface area contributed by atoms with Crippen molar-refractivity contribution in [2.45, 2.75) is 29.5 Å². The van der Waals surface area contributed by atoms with E-state index in [4.69, 9.17) is 9.15 Å². The van der Waals surface area contributed by atoms with E-state index < -0.39 is 58.1 Å². The number of aryl methyl sites for hydroxylation is 1. The maximum absolute atomic E-state index is 13.7. The fourth-order valence-electron chi connectivity index (χ4n) is 5.20. The van der Waals surface area contributed by atoms with Crippen LogP contribution in [-0.4, -0.2) is 87.9 Å². The standard InChI is InChI=1S/C30H25N7O10S2/c1-13(38)47-17-7-8-20-18(9-17)24(40)19(10-46-20)25(41)31-21(14-3-5-16(39)6-4-14)26(42)32-22-27(43)37-23(29(44)45)15(11-48-28(22)37)12-49-30-33-34-35-36(30)2/h3-10,21-22,28,39H,11-12H2,1-2H3,(H,31,41)(H,32,42)(H,44,45)/t21?,22-,28+/m1/s1. The highest BCUT2D eigenvalue weighted by Gasteiger charge is 2.54. The fraction of sp³-hybridized carbons (Fsp3) is 0.233. The second kappa shape index (κ2) is 13.4. The van der Waals surface area contributed by atoms with E-state index in [0.29, 0.717) is 10.7 Å². The van der Waals surface area contributed by atoms with Crippen LogP contribution >= 0.6 is 23.5 Å². The number of carboxylic acids is 1. The van der Waals surface area contributed by atoms with Crippen molar-refractivity contribution in [2.75, 3.05) is 11.5 Å². The zero-order valence-electron chi connectivity index (χ0n) is 25.5. The lowest BCUT2D eigenvalue weighted by Crippen LogP contribution is -2.71. The van der Waals surface area contributed by atoms with Gasteiger partial charge in [-0.3, -0.25) is 28.9 Å². The van der Waals surface area contributed by atoms with Gasteiger partial charge in [-0.2, -0.15) is 0 Å². The average Bonchev–Trinajstić information content (AvgIpc) is 3.49. The van der Waals surface area contributed by atoms with E-state index >= 15 is 0 Å². The summed E-state index contributed by atoms with van der Waals surface area (Å²) >= 11 is 2.47. The van der Waals surface area contributed by atoms with Crippen LogP contribution in [0.15, 0.2) is 74.4 Å². The van der Waals surface area contributed by atoms with Crippen molar-refractivity contribution in [2.24, 2.45) is 7.05 Å². The summed E-state index contributed by atoms with van der Waals surface area (Å²) in [7, 11) is 1.64. The predicted molar refractivity (Wildman–Crippen MR) is 171 cm³/mol. The Morgan fingerprint density at radius 2 is 1.92 bits per heavy atom. The van der Waals surface area contributed by atoms with Crippen molar-refractivity contribution in [3.8, 4) is 11.5 Å². The molecule has 1 unspecified atom stereocenters. The molecule has 252 valence electrons. The first-order valence-electron chi connectivity index (χ1n) is 14.3. The molecule has 4 aromatic rings. The largest absolute Gasteiger partial charge is 0.508 e. The smallest absolute Gasteiger partial charge is 0.352 e. The van der Waals surface area contributed by atoms with Crippen LogP contribution in [0.25, 0.3) is 11.0 Å². The summed E-state index contributed by atoms with van der Waals surface area (Å²) in [6, 6.07) is 6.79. The van der Waals surface area contributed by atoms with Crippen molar-refractivity contribution in [3.63, 3.8) is 0 Å². The summed E-state index contributed by atoms with van der Waals surface area (Å²) in [4.78, 5) is 78.6. The summed E-state index contributed by atoms with van der Waals surface area (Å²) in [5.41, 5.74) is -0.622. The third-order valence-corrected chi connectivity index (χ3v) is 9.96. The number of hydrogen-bond donors (Lipinski definition) is 4. The van der Waals surface area contributed by atoms with Crippen LogP contribution in [-0.2, 0) is 26.2 Å². The molecule has 4 heterocycles. The number of benzene rings is 2. The normalized spacial score (nSPS) is 17.6. The van der Waals surface area contributed by atoms with Gasteiger partial charge in [-0.25, -0.2) is 9.48 Å². The van der Waals surface area contributed by atoms with Crippen LogP contribution in [0.2, 0.25) is 0 Å². The minimum absolute atomic E-state index is 0.0557. The average molecular weight is 708 g/mol. The number of phenols is 1. The maximum atomic E-state index is 13.7. The number of tetrazole rings is 1. The van der Waals surface area contributed by atoms with E-state index in [-0.39, 0.29) is 45.2 Å². The van der Waals surface area contributed by atoms with Gasteiger partial charge in [-0.1, -0.05) is 23.9 Å². The van der Waals surface area contributed by atoms with Gasteiger partial charge in [0.05, 0.1) is 5.39 Å². The molecule has 2 aromatic carbocycles. The molecule has 17 nitrogen and oxygen atoms in total. The molecule has 2 aliphatic rings. The van der Waals surface area contributed by atoms with E-state index in [1.54, 1.807) is 7.05 Å². The highest BCUT2D eigenvalue weighted by molar-refractivity contribution is 8.01. The number of fused-ring (bicyclic) bond motifs is 2. The van der Waals surface area contributed by atoms with Crippen molar-refractivity contribution in [1.29, 1.82) is 0 Å². The Morgan fingerprint density at radius 3 is 2.59 bits per heavy atom. The molecule has 0 saturated carbocycles. The molecule has 3 amide bonds. The Hall–Kier alpha value is -5.69. The van der Waals surface area contributed by atoms with Gasteiger partial charge in [-0.05, 0) is 51.9 Å². The number of β-lactam (4-membered cyclic amide) rings is 1. The number of carbonyl (C=O) groups excluding carboxylic acids is 4. The van der Waals surface area contributed by atoms with Gasteiger partial charge < -0.3 is 30.0 Å². The zero-order valence-corrected chi connectivity index (χ0v) is 27.1. The number of esters is 1. The zero-order chi connectivity index (χ0) is 35.0. The maximum Gasteiger partial charge on any atom is 0.352 e. The van der Waals surface area contributed by atoms with E-state index in [1.165, 1.54) is 77.6 Å². The second-order valence-corrected chi connectivity index (χ2v) is 12.8. The predicted octanol–water partition coefficient (Wildman–Crippen LogP) is 0.949. The third-order valence-electron chi connectivity index (χ3n) is 7.52. The molecule has 6 rings (SSSR count). The first-order chi connectivity index (χ1) is 23.4. The van der Waals surface area contributed by atoms with Crippen LogP contribution < -0.4 is 20.8 Å². The van der Waals surface area contributed by atoms with E-state index in [1.807, 2.05) is 0 Å². The van der Waals surface area contributed by atoms with Crippen molar-refractivity contribution < 1.29 is 43.3 Å². The molecule has 0 spiro atoms. The molecule has 1 fully saturated rings. The first kappa shape index (κ1) is 33.2. The monoisotopic (exact) mass is 707 g/mol. The van der Waals surface area contributed by atoms with Gasteiger partial charge >= 0.3 is 11.9 Å². The minimum Gasteiger partial charge on any atom is -0.508 e. The van der Waals surface area contributed by atoms with E-state index in [9.17, 15) is 39.0 Å². The molecule has 4 N–H and O–H groups in total. The molecule has 2 aromatic heterocycles. The molecule has 49 heavy (non-hydrogen) atoms. The van der Waals surface area contributed by atoms with Gasteiger partial charge in [0, 0.05) is 25.5 Å². The lowest BCUT2D eigenvalue weighted by molar-refractivity contribution is -0.151. The molecule has 19 heteroatoms. The number of ether oxygens (including phenoxy) is 1. The molecule has 0 radical (unpaired) electrons. The van der Waals surface area contributed by atoms with Crippen LogP contribution in [0.1, 0.15) is 28.9 Å². The van der Waals surface area contributed by atoms with Crippen LogP contribution in [0.5, 0.6) is 11.5 Å². The number of thioether (sulfide) groups is 2. The number of amides is 3. The summed E-state index contributed by atoms with van der Waals surface area (Å²) in [5.74, 6) is -4.03. The number of rotatable bonds is 10.